The monoisotopic (exact) mass is 251 g/mol. The first-order valence-electron chi connectivity index (χ1n) is 5.57. The number of ether oxygens (including phenoxy) is 2. The number of benzene rings is 1. The Morgan fingerprint density at radius 1 is 1.22 bits per heavy atom. The van der Waals surface area contributed by atoms with Crippen LogP contribution in [0.2, 0.25) is 0 Å². The van der Waals surface area contributed by atoms with E-state index < -0.39 is 0 Å². The van der Waals surface area contributed by atoms with Gasteiger partial charge in [-0.1, -0.05) is 12.1 Å². The van der Waals surface area contributed by atoms with Gasteiger partial charge in [0.25, 0.3) is 0 Å². The largest absolute Gasteiger partial charge is 0.497 e. The number of esters is 1. The van der Waals surface area contributed by atoms with Crippen molar-refractivity contribution in [1.29, 1.82) is 0 Å². The van der Waals surface area contributed by atoms with E-state index in [0.717, 1.165) is 11.3 Å². The Bertz CT molecular complexity index is 414. The lowest BCUT2D eigenvalue weighted by Crippen LogP contribution is -2.30. The van der Waals surface area contributed by atoms with Gasteiger partial charge in [0, 0.05) is 13.8 Å². The quantitative estimate of drug-likeness (QED) is 0.804. The lowest BCUT2D eigenvalue weighted by Gasteiger charge is -2.18. The summed E-state index contributed by atoms with van der Waals surface area (Å²) in [7, 11) is 1.58. The van der Waals surface area contributed by atoms with Crippen LogP contribution in [0.15, 0.2) is 24.3 Å². The highest BCUT2D eigenvalue weighted by Crippen LogP contribution is 2.18. The van der Waals surface area contributed by atoms with Gasteiger partial charge in [0.1, 0.15) is 12.4 Å². The molecule has 1 atom stereocenters. The Morgan fingerprint density at radius 2 is 1.83 bits per heavy atom. The molecule has 1 aromatic rings. The van der Waals surface area contributed by atoms with Crippen molar-refractivity contribution >= 4 is 11.9 Å². The second-order valence-corrected chi connectivity index (χ2v) is 3.83. The van der Waals surface area contributed by atoms with Crippen LogP contribution in [0.25, 0.3) is 0 Å². The van der Waals surface area contributed by atoms with Crippen LogP contribution in [0.5, 0.6) is 5.75 Å². The molecule has 1 amide bonds. The maximum Gasteiger partial charge on any atom is 0.302 e. The Hall–Kier alpha value is -2.04. The van der Waals surface area contributed by atoms with E-state index in [1.807, 2.05) is 12.1 Å². The zero-order chi connectivity index (χ0) is 13.5. The topological polar surface area (TPSA) is 64.6 Å². The van der Waals surface area contributed by atoms with Gasteiger partial charge in [-0.3, -0.25) is 9.59 Å². The maximum absolute atomic E-state index is 11.1. The van der Waals surface area contributed by atoms with Gasteiger partial charge in [-0.2, -0.15) is 0 Å². The summed E-state index contributed by atoms with van der Waals surface area (Å²) in [6.45, 7) is 2.87. The van der Waals surface area contributed by atoms with E-state index in [4.69, 9.17) is 9.47 Å². The molecule has 1 aromatic carbocycles. The fraction of sp³-hybridized carbons (Fsp3) is 0.385. The molecule has 0 fully saturated rings. The van der Waals surface area contributed by atoms with Crippen molar-refractivity contribution < 1.29 is 19.1 Å². The minimum Gasteiger partial charge on any atom is -0.497 e. The van der Waals surface area contributed by atoms with E-state index >= 15 is 0 Å². The lowest BCUT2D eigenvalue weighted by molar-refractivity contribution is -0.142. The molecule has 1 N–H and O–H groups in total. The minimum absolute atomic E-state index is 0.112. The lowest BCUT2D eigenvalue weighted by atomic mass is 10.1. The van der Waals surface area contributed by atoms with E-state index in [1.165, 1.54) is 13.8 Å². The molecule has 5 nitrogen and oxygen atoms in total. The van der Waals surface area contributed by atoms with E-state index in [1.54, 1.807) is 19.2 Å². The summed E-state index contributed by atoms with van der Waals surface area (Å²) in [6.07, 6.45) is 0. The first-order valence-corrected chi connectivity index (χ1v) is 5.57. The number of methoxy groups -OCH3 is 1. The number of carbonyl (C=O) groups is 2. The van der Waals surface area contributed by atoms with Gasteiger partial charge in [0.2, 0.25) is 5.91 Å². The summed E-state index contributed by atoms with van der Waals surface area (Å²) in [6, 6.07) is 6.87. The molecule has 0 aliphatic rings. The van der Waals surface area contributed by atoms with Crippen molar-refractivity contribution in [2.75, 3.05) is 13.7 Å². The Kier molecular flexibility index (Phi) is 5.17. The summed E-state index contributed by atoms with van der Waals surface area (Å²) >= 11 is 0. The highest BCUT2D eigenvalue weighted by molar-refractivity contribution is 5.73. The minimum atomic E-state index is -0.376. The molecule has 0 aliphatic carbocycles. The van der Waals surface area contributed by atoms with Crippen molar-refractivity contribution in [3.05, 3.63) is 29.8 Å². The zero-order valence-electron chi connectivity index (χ0n) is 10.7. The molecule has 0 aliphatic heterocycles. The molecular formula is C13H17NO4. The third-order valence-corrected chi connectivity index (χ3v) is 2.35. The number of carbonyl (C=O) groups excluding carboxylic acids is 2. The third kappa shape index (κ3) is 4.45. The molecule has 98 valence electrons. The van der Waals surface area contributed by atoms with Crippen molar-refractivity contribution in [2.45, 2.75) is 19.9 Å². The standard InChI is InChI=1S/C13H17NO4/c1-9(15)14-13(8-18-10(2)16)11-4-6-12(17-3)7-5-11/h4-7,13H,8H2,1-3H3,(H,14,15)/t13-/m0/s1. The number of amides is 1. The number of hydrogen-bond donors (Lipinski definition) is 1. The Labute approximate surface area is 106 Å². The van der Waals surface area contributed by atoms with Crippen LogP contribution in [0.4, 0.5) is 0 Å². The van der Waals surface area contributed by atoms with Gasteiger partial charge in [0.15, 0.2) is 0 Å². The Morgan fingerprint density at radius 3 is 2.28 bits per heavy atom. The van der Waals surface area contributed by atoms with Crippen LogP contribution in [0.3, 0.4) is 0 Å². The number of rotatable bonds is 5. The average Bonchev–Trinajstić information content (AvgIpc) is 2.34. The summed E-state index contributed by atoms with van der Waals surface area (Å²) in [5, 5.41) is 2.73. The van der Waals surface area contributed by atoms with Crippen molar-refractivity contribution in [2.24, 2.45) is 0 Å². The number of nitrogens with one attached hydrogen (secondary N) is 1. The van der Waals surface area contributed by atoms with Crippen LogP contribution in [-0.2, 0) is 14.3 Å². The molecular weight excluding hydrogens is 234 g/mol. The van der Waals surface area contributed by atoms with Gasteiger partial charge in [-0.15, -0.1) is 0 Å². The van der Waals surface area contributed by atoms with Gasteiger partial charge < -0.3 is 14.8 Å². The van der Waals surface area contributed by atoms with E-state index in [9.17, 15) is 9.59 Å². The first-order chi connectivity index (χ1) is 8.52. The third-order valence-electron chi connectivity index (χ3n) is 2.35. The van der Waals surface area contributed by atoms with Gasteiger partial charge >= 0.3 is 5.97 Å². The van der Waals surface area contributed by atoms with Crippen molar-refractivity contribution in [3.63, 3.8) is 0 Å². The highest BCUT2D eigenvalue weighted by Gasteiger charge is 2.14. The van der Waals surface area contributed by atoms with Crippen molar-refractivity contribution in [1.82, 2.24) is 5.32 Å². The molecule has 0 unspecified atom stereocenters. The molecule has 0 saturated carbocycles. The van der Waals surface area contributed by atoms with E-state index in [-0.39, 0.29) is 24.5 Å². The SMILES string of the molecule is COc1ccc([C@H](COC(C)=O)NC(C)=O)cc1. The predicted octanol–water partition coefficient (Wildman–Crippen LogP) is 1.44. The fourth-order valence-electron chi connectivity index (χ4n) is 1.50. The summed E-state index contributed by atoms with van der Waals surface area (Å²) in [5.74, 6) is 0.176. The fourth-order valence-corrected chi connectivity index (χ4v) is 1.50. The van der Waals surface area contributed by atoms with Crippen LogP contribution < -0.4 is 10.1 Å². The van der Waals surface area contributed by atoms with Gasteiger partial charge in [0.05, 0.1) is 13.2 Å². The molecule has 0 heterocycles. The molecule has 0 spiro atoms. The molecule has 0 aromatic heterocycles. The predicted molar refractivity (Wildman–Crippen MR) is 66.2 cm³/mol. The van der Waals surface area contributed by atoms with Crippen LogP contribution >= 0.6 is 0 Å². The highest BCUT2D eigenvalue weighted by atomic mass is 16.5. The first kappa shape index (κ1) is 14.0. The summed E-state index contributed by atoms with van der Waals surface area (Å²) < 4.78 is 9.99. The molecule has 5 heteroatoms. The molecule has 1 rings (SSSR count). The molecule has 0 radical (unpaired) electrons. The maximum atomic E-state index is 11.1. The smallest absolute Gasteiger partial charge is 0.302 e. The van der Waals surface area contributed by atoms with Crippen LogP contribution in [0.1, 0.15) is 25.5 Å². The van der Waals surface area contributed by atoms with Crippen LogP contribution in [0, 0.1) is 0 Å². The Balaban J connectivity index is 2.79. The van der Waals surface area contributed by atoms with Crippen molar-refractivity contribution in [3.8, 4) is 5.75 Å². The molecule has 0 bridgehead atoms. The summed E-state index contributed by atoms with van der Waals surface area (Å²) in [5.41, 5.74) is 0.854. The average molecular weight is 251 g/mol. The molecule has 0 saturated heterocycles. The second-order valence-electron chi connectivity index (χ2n) is 3.83. The number of hydrogen-bond acceptors (Lipinski definition) is 4. The van der Waals surface area contributed by atoms with Crippen LogP contribution in [-0.4, -0.2) is 25.6 Å². The second kappa shape index (κ2) is 6.64. The zero-order valence-corrected chi connectivity index (χ0v) is 10.7. The van der Waals surface area contributed by atoms with E-state index in [2.05, 4.69) is 5.32 Å². The van der Waals surface area contributed by atoms with Gasteiger partial charge in [-0.05, 0) is 17.7 Å². The molecule has 18 heavy (non-hydrogen) atoms. The summed E-state index contributed by atoms with van der Waals surface area (Å²) in [4.78, 5) is 21.9. The van der Waals surface area contributed by atoms with Gasteiger partial charge in [-0.25, -0.2) is 0 Å². The van der Waals surface area contributed by atoms with E-state index in [0.29, 0.717) is 0 Å². The normalized spacial score (nSPS) is 11.5.